The van der Waals surface area contributed by atoms with Crippen LogP contribution in [0.15, 0.2) is 36.7 Å². The molecule has 1 aromatic heterocycles. The van der Waals surface area contributed by atoms with Crippen LogP contribution in [0.1, 0.15) is 31.5 Å². The molecule has 5 heteroatoms. The Bertz CT molecular complexity index is 575. The third-order valence-corrected chi connectivity index (χ3v) is 4.29. The lowest BCUT2D eigenvalue weighted by atomic mass is 9.96. The van der Waals surface area contributed by atoms with Crippen molar-refractivity contribution in [3.63, 3.8) is 0 Å². The fourth-order valence-electron chi connectivity index (χ4n) is 3.17. The van der Waals surface area contributed by atoms with Crippen LogP contribution in [0.4, 0.5) is 0 Å². The molecule has 2 heterocycles. The largest absolute Gasteiger partial charge is 0.489 e. The number of aromatic nitrogens is 3. The Hall–Kier alpha value is -1.88. The molecule has 0 radical (unpaired) electrons. The summed E-state index contributed by atoms with van der Waals surface area (Å²) in [4.78, 5) is 2.49. The lowest BCUT2D eigenvalue weighted by molar-refractivity contribution is 0.123. The number of likely N-dealkylation sites (tertiary alicyclic amines) is 1. The Kier molecular flexibility index (Phi) is 4.73. The summed E-state index contributed by atoms with van der Waals surface area (Å²) in [7, 11) is 2.03. The normalized spacial score (nSPS) is 18.3. The van der Waals surface area contributed by atoms with Crippen LogP contribution < -0.4 is 4.74 Å². The molecular formula is C17H24N4O. The average molecular weight is 300 g/mol. The van der Waals surface area contributed by atoms with Gasteiger partial charge in [0.1, 0.15) is 24.0 Å². The first kappa shape index (κ1) is 15.0. The van der Waals surface area contributed by atoms with Gasteiger partial charge in [0.2, 0.25) is 0 Å². The van der Waals surface area contributed by atoms with E-state index in [-0.39, 0.29) is 6.10 Å². The van der Waals surface area contributed by atoms with Gasteiger partial charge < -0.3 is 9.30 Å². The Morgan fingerprint density at radius 2 is 1.95 bits per heavy atom. The molecule has 0 N–H and O–H groups in total. The summed E-state index contributed by atoms with van der Waals surface area (Å²) in [6, 6.07) is 10.0. The van der Waals surface area contributed by atoms with E-state index >= 15 is 0 Å². The molecule has 1 aliphatic heterocycles. The zero-order chi connectivity index (χ0) is 15.4. The van der Waals surface area contributed by atoms with Gasteiger partial charge in [-0.05, 0) is 45.0 Å². The van der Waals surface area contributed by atoms with E-state index in [2.05, 4.69) is 22.0 Å². The molecule has 0 spiro atoms. The number of hydrogen-bond acceptors (Lipinski definition) is 4. The number of para-hydroxylation sites is 1. The van der Waals surface area contributed by atoms with Crippen molar-refractivity contribution in [3.05, 3.63) is 42.5 Å². The van der Waals surface area contributed by atoms with Crippen molar-refractivity contribution in [2.45, 2.75) is 31.8 Å². The van der Waals surface area contributed by atoms with E-state index in [0.717, 1.165) is 44.0 Å². The lowest BCUT2D eigenvalue weighted by Crippen LogP contribution is -2.39. The second kappa shape index (κ2) is 6.92. The number of benzene rings is 1. The van der Waals surface area contributed by atoms with E-state index in [4.69, 9.17) is 4.74 Å². The van der Waals surface area contributed by atoms with E-state index < -0.39 is 0 Å². The second-order valence-corrected chi connectivity index (χ2v) is 6.12. The van der Waals surface area contributed by atoms with E-state index in [1.54, 1.807) is 6.33 Å². The van der Waals surface area contributed by atoms with Crippen molar-refractivity contribution in [2.75, 3.05) is 19.6 Å². The van der Waals surface area contributed by atoms with Crippen molar-refractivity contribution >= 4 is 0 Å². The molecular weight excluding hydrogens is 276 g/mol. The van der Waals surface area contributed by atoms with Gasteiger partial charge >= 0.3 is 0 Å². The average Bonchev–Trinajstić information content (AvgIpc) is 2.95. The van der Waals surface area contributed by atoms with Gasteiger partial charge in [-0.25, -0.2) is 0 Å². The van der Waals surface area contributed by atoms with Crippen LogP contribution in [0, 0.1) is 0 Å². The van der Waals surface area contributed by atoms with Crippen molar-refractivity contribution in [1.82, 2.24) is 19.7 Å². The van der Waals surface area contributed by atoms with Crippen molar-refractivity contribution < 1.29 is 4.74 Å². The Balaban J connectivity index is 1.47. The van der Waals surface area contributed by atoms with E-state index in [0.29, 0.717) is 5.92 Å². The first-order valence-electron chi connectivity index (χ1n) is 8.00. The highest BCUT2D eigenvalue weighted by Crippen LogP contribution is 2.26. The van der Waals surface area contributed by atoms with Crippen LogP contribution in [0.2, 0.25) is 0 Å². The van der Waals surface area contributed by atoms with Crippen LogP contribution in [0.3, 0.4) is 0 Å². The van der Waals surface area contributed by atoms with Gasteiger partial charge in [0.15, 0.2) is 0 Å². The SMILES string of the molecule is CC(CN1CCC(c2nncn2C)CC1)Oc1ccccc1. The lowest BCUT2D eigenvalue weighted by Gasteiger charge is -2.33. The molecule has 3 rings (SSSR count). The number of ether oxygens (including phenoxy) is 1. The molecule has 22 heavy (non-hydrogen) atoms. The second-order valence-electron chi connectivity index (χ2n) is 6.12. The molecule has 1 aliphatic rings. The van der Waals surface area contributed by atoms with Gasteiger partial charge in [-0.2, -0.15) is 0 Å². The predicted octanol–water partition coefficient (Wildman–Crippen LogP) is 2.46. The Morgan fingerprint density at radius 1 is 1.23 bits per heavy atom. The third kappa shape index (κ3) is 3.65. The van der Waals surface area contributed by atoms with Crippen LogP contribution >= 0.6 is 0 Å². The molecule has 1 aromatic carbocycles. The molecule has 2 aromatic rings. The highest BCUT2D eigenvalue weighted by atomic mass is 16.5. The van der Waals surface area contributed by atoms with E-state index in [1.165, 1.54) is 0 Å². The minimum atomic E-state index is 0.203. The van der Waals surface area contributed by atoms with Crippen LogP contribution in [0.25, 0.3) is 0 Å². The molecule has 1 atom stereocenters. The Morgan fingerprint density at radius 3 is 2.59 bits per heavy atom. The summed E-state index contributed by atoms with van der Waals surface area (Å²) in [5.74, 6) is 2.60. The summed E-state index contributed by atoms with van der Waals surface area (Å²) in [6.45, 7) is 5.31. The highest BCUT2D eigenvalue weighted by Gasteiger charge is 2.24. The van der Waals surface area contributed by atoms with Gasteiger partial charge in [-0.15, -0.1) is 10.2 Å². The van der Waals surface area contributed by atoms with Gasteiger partial charge in [-0.1, -0.05) is 18.2 Å². The molecule has 118 valence electrons. The van der Waals surface area contributed by atoms with Gasteiger partial charge in [0.05, 0.1) is 0 Å². The topological polar surface area (TPSA) is 43.2 Å². The maximum Gasteiger partial charge on any atom is 0.135 e. The van der Waals surface area contributed by atoms with Gasteiger partial charge in [0.25, 0.3) is 0 Å². The molecule has 0 amide bonds. The summed E-state index contributed by atoms with van der Waals surface area (Å²) >= 11 is 0. The predicted molar refractivity (Wildman–Crippen MR) is 86.0 cm³/mol. The minimum absolute atomic E-state index is 0.203. The number of aryl methyl sites for hydroxylation is 1. The summed E-state index contributed by atoms with van der Waals surface area (Å²) in [5.41, 5.74) is 0. The maximum absolute atomic E-state index is 5.97. The zero-order valence-electron chi connectivity index (χ0n) is 13.4. The first-order chi connectivity index (χ1) is 10.7. The van der Waals surface area contributed by atoms with Gasteiger partial charge in [-0.3, -0.25) is 4.90 Å². The first-order valence-corrected chi connectivity index (χ1v) is 8.00. The van der Waals surface area contributed by atoms with Crippen LogP contribution in [0.5, 0.6) is 5.75 Å². The number of piperidine rings is 1. The number of nitrogens with zero attached hydrogens (tertiary/aromatic N) is 4. The summed E-state index contributed by atoms with van der Waals surface area (Å²) in [5, 5.41) is 8.24. The molecule has 1 fully saturated rings. The molecule has 1 saturated heterocycles. The molecule has 5 nitrogen and oxygen atoms in total. The standard InChI is InChI=1S/C17H24N4O/c1-14(22-16-6-4-3-5-7-16)12-21-10-8-15(9-11-21)17-19-18-13-20(17)2/h3-7,13-15H,8-12H2,1-2H3. The number of hydrogen-bond donors (Lipinski definition) is 0. The van der Waals surface area contributed by atoms with E-state index in [9.17, 15) is 0 Å². The molecule has 0 saturated carbocycles. The molecule has 0 aliphatic carbocycles. The third-order valence-electron chi connectivity index (χ3n) is 4.29. The van der Waals surface area contributed by atoms with Crippen LogP contribution in [-0.4, -0.2) is 45.4 Å². The fourth-order valence-corrected chi connectivity index (χ4v) is 3.17. The number of rotatable bonds is 5. The van der Waals surface area contributed by atoms with Crippen molar-refractivity contribution in [1.29, 1.82) is 0 Å². The smallest absolute Gasteiger partial charge is 0.135 e. The molecule has 0 bridgehead atoms. The maximum atomic E-state index is 5.97. The van der Waals surface area contributed by atoms with Crippen molar-refractivity contribution in [3.8, 4) is 5.75 Å². The highest BCUT2D eigenvalue weighted by molar-refractivity contribution is 5.21. The summed E-state index contributed by atoms with van der Waals surface area (Å²) in [6.07, 6.45) is 4.28. The summed E-state index contributed by atoms with van der Waals surface area (Å²) < 4.78 is 8.01. The minimum Gasteiger partial charge on any atom is -0.489 e. The van der Waals surface area contributed by atoms with Crippen LogP contribution in [-0.2, 0) is 7.05 Å². The zero-order valence-corrected chi connectivity index (χ0v) is 13.4. The van der Waals surface area contributed by atoms with Crippen molar-refractivity contribution in [2.24, 2.45) is 7.05 Å². The fraction of sp³-hybridized carbons (Fsp3) is 0.529. The van der Waals surface area contributed by atoms with E-state index in [1.807, 2.05) is 41.9 Å². The Labute approximate surface area is 131 Å². The monoisotopic (exact) mass is 300 g/mol. The quantitative estimate of drug-likeness (QED) is 0.851. The van der Waals surface area contributed by atoms with Gasteiger partial charge in [0, 0.05) is 19.5 Å². The molecule has 1 unspecified atom stereocenters.